The van der Waals surface area contributed by atoms with Crippen LogP contribution in [-0.4, -0.2) is 86.2 Å². The van der Waals surface area contributed by atoms with Crippen LogP contribution >= 0.6 is 0 Å². The lowest BCUT2D eigenvalue weighted by Crippen LogP contribution is -2.53. The highest BCUT2D eigenvalue weighted by Crippen LogP contribution is 2.21. The third kappa shape index (κ3) is 4.40. The van der Waals surface area contributed by atoms with Crippen LogP contribution in [0.15, 0.2) is 0 Å². The first kappa shape index (κ1) is 17.9. The Labute approximate surface area is 144 Å². The second kappa shape index (κ2) is 7.17. The van der Waals surface area contributed by atoms with Crippen molar-refractivity contribution in [3.63, 3.8) is 0 Å². The molecule has 0 aromatic carbocycles. The molecule has 3 aliphatic rings. The van der Waals surface area contributed by atoms with Crippen molar-refractivity contribution in [2.75, 3.05) is 37.7 Å². The summed E-state index contributed by atoms with van der Waals surface area (Å²) in [6, 6.07) is -0.123. The number of nitrogens with zero attached hydrogens (tertiary/aromatic N) is 2. The summed E-state index contributed by atoms with van der Waals surface area (Å²) in [6.45, 7) is 7.60. The number of hydrogen-bond donors (Lipinski definition) is 1. The van der Waals surface area contributed by atoms with Crippen LogP contribution in [0.1, 0.15) is 33.1 Å². The molecule has 8 heteroatoms. The van der Waals surface area contributed by atoms with Crippen molar-refractivity contribution in [2.45, 2.75) is 57.4 Å². The van der Waals surface area contributed by atoms with E-state index in [0.717, 1.165) is 39.0 Å². The minimum atomic E-state index is -2.97. The molecule has 1 N–H and O–H groups in total. The van der Waals surface area contributed by atoms with Crippen LogP contribution in [0.3, 0.4) is 0 Å². The Morgan fingerprint density at radius 1 is 1.21 bits per heavy atom. The van der Waals surface area contributed by atoms with E-state index in [1.165, 1.54) is 0 Å². The standard InChI is InChI=1S/C16H29N3O4S/c1-12-8-18(9-13(2)23-12)10-15-4-3-6-19(15)16(20)17-14-5-7-24(21,22)11-14/h12-15H,3-11H2,1-2H3,(H,17,20)/t12-,13+,14-,15+/m1/s1. The fourth-order valence-electron chi connectivity index (χ4n) is 4.19. The minimum Gasteiger partial charge on any atom is -0.373 e. The van der Waals surface area contributed by atoms with Crippen molar-refractivity contribution < 1.29 is 17.9 Å². The Morgan fingerprint density at radius 2 is 1.92 bits per heavy atom. The van der Waals surface area contributed by atoms with E-state index in [0.29, 0.717) is 6.42 Å². The zero-order valence-electron chi connectivity index (χ0n) is 14.6. The molecule has 3 heterocycles. The minimum absolute atomic E-state index is 0.0791. The molecule has 138 valence electrons. The van der Waals surface area contributed by atoms with Gasteiger partial charge in [0.25, 0.3) is 0 Å². The van der Waals surface area contributed by atoms with E-state index in [1.54, 1.807) is 0 Å². The van der Waals surface area contributed by atoms with Gasteiger partial charge in [-0.25, -0.2) is 13.2 Å². The normalized spacial score (nSPS) is 36.8. The summed E-state index contributed by atoms with van der Waals surface area (Å²) in [5, 5.41) is 2.93. The molecule has 3 fully saturated rings. The second-order valence-corrected chi connectivity index (χ2v) is 9.74. The number of amides is 2. The number of urea groups is 1. The predicted octanol–water partition coefficient (Wildman–Crippen LogP) is 0.457. The lowest BCUT2D eigenvalue weighted by Gasteiger charge is -2.38. The van der Waals surface area contributed by atoms with Crippen LogP contribution in [0.4, 0.5) is 4.79 Å². The summed E-state index contributed by atoms with van der Waals surface area (Å²) in [5.41, 5.74) is 0. The molecule has 0 spiro atoms. The van der Waals surface area contributed by atoms with E-state index in [1.807, 2.05) is 4.90 Å². The quantitative estimate of drug-likeness (QED) is 0.792. The predicted molar refractivity (Wildman–Crippen MR) is 91.8 cm³/mol. The first-order chi connectivity index (χ1) is 11.3. The summed E-state index contributed by atoms with van der Waals surface area (Å²) in [4.78, 5) is 16.9. The summed E-state index contributed by atoms with van der Waals surface area (Å²) in [7, 11) is -2.97. The summed E-state index contributed by atoms with van der Waals surface area (Å²) >= 11 is 0. The van der Waals surface area contributed by atoms with Crippen LogP contribution in [-0.2, 0) is 14.6 Å². The molecule has 24 heavy (non-hydrogen) atoms. The number of ether oxygens (including phenoxy) is 1. The largest absolute Gasteiger partial charge is 0.373 e. The molecule has 0 unspecified atom stereocenters. The van der Waals surface area contributed by atoms with Gasteiger partial charge in [-0.2, -0.15) is 0 Å². The number of sulfone groups is 1. The van der Waals surface area contributed by atoms with Crippen LogP contribution in [0, 0.1) is 0 Å². The van der Waals surface area contributed by atoms with Crippen molar-refractivity contribution in [1.82, 2.24) is 15.1 Å². The van der Waals surface area contributed by atoms with Gasteiger partial charge in [0, 0.05) is 38.3 Å². The molecule has 0 radical (unpaired) electrons. The highest BCUT2D eigenvalue weighted by molar-refractivity contribution is 7.91. The number of hydrogen-bond acceptors (Lipinski definition) is 5. The molecule has 0 bridgehead atoms. The van der Waals surface area contributed by atoms with E-state index < -0.39 is 9.84 Å². The molecule has 0 aromatic rings. The number of carbonyl (C=O) groups is 1. The van der Waals surface area contributed by atoms with E-state index in [2.05, 4.69) is 24.1 Å². The van der Waals surface area contributed by atoms with Gasteiger partial charge in [0.2, 0.25) is 0 Å². The molecular weight excluding hydrogens is 330 g/mol. The average Bonchev–Trinajstić information content (AvgIpc) is 3.04. The van der Waals surface area contributed by atoms with Crippen molar-refractivity contribution in [2.24, 2.45) is 0 Å². The Morgan fingerprint density at radius 3 is 2.54 bits per heavy atom. The Kier molecular flexibility index (Phi) is 5.36. The van der Waals surface area contributed by atoms with Gasteiger partial charge in [0.05, 0.1) is 23.7 Å². The maximum Gasteiger partial charge on any atom is 0.317 e. The van der Waals surface area contributed by atoms with Gasteiger partial charge < -0.3 is 15.0 Å². The van der Waals surface area contributed by atoms with Gasteiger partial charge in [-0.1, -0.05) is 0 Å². The molecule has 2 amide bonds. The zero-order chi connectivity index (χ0) is 17.3. The van der Waals surface area contributed by atoms with Crippen LogP contribution in [0.2, 0.25) is 0 Å². The molecule has 3 saturated heterocycles. The topological polar surface area (TPSA) is 79.0 Å². The van der Waals surface area contributed by atoms with Crippen molar-refractivity contribution in [3.05, 3.63) is 0 Å². The number of rotatable bonds is 3. The van der Waals surface area contributed by atoms with E-state index in [4.69, 9.17) is 4.74 Å². The number of carbonyl (C=O) groups excluding carboxylic acids is 1. The number of morpholine rings is 1. The molecule has 7 nitrogen and oxygen atoms in total. The number of nitrogens with one attached hydrogen (secondary N) is 1. The van der Waals surface area contributed by atoms with E-state index in [9.17, 15) is 13.2 Å². The van der Waals surface area contributed by atoms with Crippen LogP contribution in [0.5, 0.6) is 0 Å². The molecule has 0 aromatic heterocycles. The molecule has 0 saturated carbocycles. The maximum atomic E-state index is 12.6. The van der Waals surface area contributed by atoms with E-state index >= 15 is 0 Å². The Balaban J connectivity index is 1.54. The SMILES string of the molecule is C[C@@H]1CN(C[C@@H]2CCCN2C(=O)N[C@@H]2CCS(=O)(=O)C2)C[C@H](C)O1. The fourth-order valence-corrected chi connectivity index (χ4v) is 5.86. The first-order valence-corrected chi connectivity index (χ1v) is 10.8. The van der Waals surface area contributed by atoms with Crippen LogP contribution in [0.25, 0.3) is 0 Å². The first-order valence-electron chi connectivity index (χ1n) is 8.98. The molecule has 4 atom stereocenters. The van der Waals surface area contributed by atoms with Crippen molar-refractivity contribution >= 4 is 15.9 Å². The second-order valence-electron chi connectivity index (χ2n) is 7.51. The fraction of sp³-hybridized carbons (Fsp3) is 0.938. The van der Waals surface area contributed by atoms with Crippen molar-refractivity contribution in [1.29, 1.82) is 0 Å². The molecule has 3 aliphatic heterocycles. The van der Waals surface area contributed by atoms with Crippen LogP contribution < -0.4 is 5.32 Å². The maximum absolute atomic E-state index is 12.6. The Hall–Kier alpha value is -0.860. The lowest BCUT2D eigenvalue weighted by molar-refractivity contribution is -0.0713. The average molecular weight is 359 g/mol. The smallest absolute Gasteiger partial charge is 0.317 e. The lowest BCUT2D eigenvalue weighted by atomic mass is 10.1. The summed E-state index contributed by atoms with van der Waals surface area (Å²) in [5.74, 6) is 0.265. The third-order valence-corrected chi connectivity index (χ3v) is 6.93. The van der Waals surface area contributed by atoms with Gasteiger partial charge in [0.15, 0.2) is 9.84 Å². The van der Waals surface area contributed by atoms with Gasteiger partial charge in [0.1, 0.15) is 0 Å². The van der Waals surface area contributed by atoms with Gasteiger partial charge >= 0.3 is 6.03 Å². The van der Waals surface area contributed by atoms with Gasteiger partial charge in [-0.3, -0.25) is 4.90 Å². The summed E-state index contributed by atoms with van der Waals surface area (Å²) < 4.78 is 28.9. The molecular formula is C16H29N3O4S. The molecule has 0 aliphatic carbocycles. The molecule has 3 rings (SSSR count). The van der Waals surface area contributed by atoms with E-state index in [-0.39, 0.29) is 41.8 Å². The summed E-state index contributed by atoms with van der Waals surface area (Å²) in [6.07, 6.45) is 3.00. The van der Waals surface area contributed by atoms with Gasteiger partial charge in [-0.05, 0) is 33.1 Å². The Bertz CT molecular complexity index is 558. The van der Waals surface area contributed by atoms with Crippen molar-refractivity contribution in [3.8, 4) is 0 Å². The zero-order valence-corrected chi connectivity index (χ0v) is 15.4. The highest BCUT2D eigenvalue weighted by Gasteiger charge is 2.35. The number of likely N-dealkylation sites (tertiary alicyclic amines) is 1. The van der Waals surface area contributed by atoms with Gasteiger partial charge in [-0.15, -0.1) is 0 Å². The highest BCUT2D eigenvalue weighted by atomic mass is 32.2. The third-order valence-electron chi connectivity index (χ3n) is 5.16. The monoisotopic (exact) mass is 359 g/mol.